The molecule has 0 radical (unpaired) electrons. The van der Waals surface area contributed by atoms with Crippen LogP contribution in [0.1, 0.15) is 32.3 Å². The number of halogens is 1. The Bertz CT molecular complexity index is 354. The molecule has 1 fully saturated rings. The molecule has 2 nitrogen and oxygen atoms in total. The highest BCUT2D eigenvalue weighted by Gasteiger charge is 2.24. The zero-order chi connectivity index (χ0) is 11.5. The lowest BCUT2D eigenvalue weighted by Gasteiger charge is -2.39. The van der Waals surface area contributed by atoms with Gasteiger partial charge in [-0.1, -0.05) is 6.92 Å². The van der Waals surface area contributed by atoms with Crippen LogP contribution in [0.15, 0.2) is 18.5 Å². The van der Waals surface area contributed by atoms with Crippen LogP contribution in [0.3, 0.4) is 0 Å². The number of pyridine rings is 1. The van der Waals surface area contributed by atoms with Gasteiger partial charge in [-0.3, -0.25) is 4.98 Å². The van der Waals surface area contributed by atoms with E-state index in [0.29, 0.717) is 11.9 Å². The van der Waals surface area contributed by atoms with Gasteiger partial charge in [-0.05, 0) is 31.7 Å². The van der Waals surface area contributed by atoms with Crippen molar-refractivity contribution in [3.05, 3.63) is 24.0 Å². The zero-order valence-electron chi connectivity index (χ0n) is 9.99. The molecule has 3 heteroatoms. The normalized spacial score (nSPS) is 25.8. The summed E-state index contributed by atoms with van der Waals surface area (Å²) in [6.45, 7) is 5.77. The van der Waals surface area contributed by atoms with Crippen LogP contribution in [0.4, 0.5) is 5.69 Å². The minimum Gasteiger partial charge on any atom is -0.368 e. The van der Waals surface area contributed by atoms with E-state index in [-0.39, 0.29) is 0 Å². The van der Waals surface area contributed by atoms with Crippen molar-refractivity contribution in [1.29, 1.82) is 0 Å². The molecule has 2 atom stereocenters. The third kappa shape index (κ3) is 2.32. The molecule has 0 saturated carbocycles. The van der Waals surface area contributed by atoms with Gasteiger partial charge >= 0.3 is 0 Å². The Morgan fingerprint density at radius 1 is 1.50 bits per heavy atom. The predicted octanol–water partition coefficient (Wildman–Crippen LogP) is 3.45. The van der Waals surface area contributed by atoms with Crippen LogP contribution in [0, 0.1) is 5.92 Å². The Labute approximate surface area is 103 Å². The summed E-state index contributed by atoms with van der Waals surface area (Å²) in [7, 11) is 0. The number of rotatable bonds is 2. The smallest absolute Gasteiger partial charge is 0.0509 e. The van der Waals surface area contributed by atoms with Crippen molar-refractivity contribution in [3.8, 4) is 0 Å². The highest BCUT2D eigenvalue weighted by atomic mass is 35.5. The van der Waals surface area contributed by atoms with Gasteiger partial charge in [-0.2, -0.15) is 0 Å². The average molecular weight is 239 g/mol. The van der Waals surface area contributed by atoms with Gasteiger partial charge < -0.3 is 4.90 Å². The fraction of sp³-hybridized carbons (Fsp3) is 0.615. The molecule has 2 rings (SSSR count). The number of hydrogen-bond donors (Lipinski definition) is 0. The fourth-order valence-corrected chi connectivity index (χ4v) is 2.77. The second-order valence-corrected chi connectivity index (χ2v) is 5.08. The number of nitrogens with zero attached hydrogens (tertiary/aromatic N) is 2. The molecule has 0 amide bonds. The fourth-order valence-electron chi connectivity index (χ4n) is 2.57. The maximum Gasteiger partial charge on any atom is 0.0509 e. The lowest BCUT2D eigenvalue weighted by atomic mass is 9.92. The first-order valence-corrected chi connectivity index (χ1v) is 6.51. The number of piperidine rings is 1. The summed E-state index contributed by atoms with van der Waals surface area (Å²) in [4.78, 5) is 6.61. The molecular formula is C13H19ClN2. The van der Waals surface area contributed by atoms with E-state index in [1.807, 2.05) is 12.4 Å². The minimum atomic E-state index is 0.544. The molecule has 1 aromatic heterocycles. The molecule has 2 unspecified atom stereocenters. The molecule has 0 bridgehead atoms. The lowest BCUT2D eigenvalue weighted by molar-refractivity contribution is 0.377. The highest BCUT2D eigenvalue weighted by molar-refractivity contribution is 6.17. The molecule has 1 aliphatic heterocycles. The van der Waals surface area contributed by atoms with Gasteiger partial charge in [0.15, 0.2) is 0 Å². The van der Waals surface area contributed by atoms with E-state index in [1.165, 1.54) is 18.5 Å². The van der Waals surface area contributed by atoms with Gasteiger partial charge in [0.2, 0.25) is 0 Å². The predicted molar refractivity (Wildman–Crippen MR) is 69.0 cm³/mol. The van der Waals surface area contributed by atoms with Gasteiger partial charge in [0, 0.05) is 36.2 Å². The highest BCUT2D eigenvalue weighted by Crippen LogP contribution is 2.30. The Morgan fingerprint density at radius 2 is 2.31 bits per heavy atom. The van der Waals surface area contributed by atoms with E-state index in [9.17, 15) is 0 Å². The number of aromatic nitrogens is 1. The summed E-state index contributed by atoms with van der Waals surface area (Å²) in [5.74, 6) is 1.38. The molecule has 1 aliphatic rings. The van der Waals surface area contributed by atoms with Crippen molar-refractivity contribution >= 4 is 17.3 Å². The molecule has 0 N–H and O–H groups in total. The maximum absolute atomic E-state index is 5.96. The molecule has 2 heterocycles. The van der Waals surface area contributed by atoms with Crippen LogP contribution < -0.4 is 4.90 Å². The number of anilines is 1. The van der Waals surface area contributed by atoms with E-state index >= 15 is 0 Å². The van der Waals surface area contributed by atoms with Crippen LogP contribution in [0.25, 0.3) is 0 Å². The quantitative estimate of drug-likeness (QED) is 0.734. The molecule has 1 saturated heterocycles. The standard InChI is InChI=1S/C13H19ClN2/c1-10-4-6-16(11(2)7-10)13-3-5-15-9-12(13)8-14/h3,5,9-11H,4,6-8H2,1-2H3. The van der Waals surface area contributed by atoms with E-state index in [1.54, 1.807) is 0 Å². The van der Waals surface area contributed by atoms with E-state index in [0.717, 1.165) is 18.0 Å². The first kappa shape index (κ1) is 11.7. The van der Waals surface area contributed by atoms with Crippen molar-refractivity contribution in [2.45, 2.75) is 38.6 Å². The Morgan fingerprint density at radius 3 is 3.00 bits per heavy atom. The van der Waals surface area contributed by atoms with Crippen molar-refractivity contribution in [2.24, 2.45) is 5.92 Å². The third-order valence-electron chi connectivity index (χ3n) is 3.47. The van der Waals surface area contributed by atoms with Crippen LogP contribution in [0.2, 0.25) is 0 Å². The van der Waals surface area contributed by atoms with Crippen LogP contribution in [-0.4, -0.2) is 17.6 Å². The Balaban J connectivity index is 2.23. The third-order valence-corrected chi connectivity index (χ3v) is 3.76. The second kappa shape index (κ2) is 5.05. The maximum atomic E-state index is 5.96. The minimum absolute atomic E-state index is 0.544. The molecule has 1 aromatic rings. The second-order valence-electron chi connectivity index (χ2n) is 4.81. The molecule has 88 valence electrons. The first-order valence-electron chi connectivity index (χ1n) is 5.98. The summed E-state index contributed by atoms with van der Waals surface area (Å²) in [5.41, 5.74) is 2.41. The molecule has 0 spiro atoms. The van der Waals surface area contributed by atoms with E-state index < -0.39 is 0 Å². The van der Waals surface area contributed by atoms with Crippen molar-refractivity contribution < 1.29 is 0 Å². The van der Waals surface area contributed by atoms with Crippen LogP contribution in [0.5, 0.6) is 0 Å². The van der Waals surface area contributed by atoms with Gasteiger partial charge in [0.25, 0.3) is 0 Å². The topological polar surface area (TPSA) is 16.1 Å². The first-order chi connectivity index (χ1) is 7.72. The Kier molecular flexibility index (Phi) is 3.70. The van der Waals surface area contributed by atoms with Crippen molar-refractivity contribution in [1.82, 2.24) is 4.98 Å². The largest absolute Gasteiger partial charge is 0.368 e. The van der Waals surface area contributed by atoms with E-state index in [2.05, 4.69) is 29.8 Å². The van der Waals surface area contributed by atoms with Gasteiger partial charge in [-0.15, -0.1) is 11.6 Å². The monoisotopic (exact) mass is 238 g/mol. The van der Waals surface area contributed by atoms with Crippen LogP contribution >= 0.6 is 11.6 Å². The lowest BCUT2D eigenvalue weighted by Crippen LogP contribution is -2.40. The summed E-state index contributed by atoms with van der Waals surface area (Å²) in [5, 5.41) is 0. The van der Waals surface area contributed by atoms with Gasteiger partial charge in [0.1, 0.15) is 0 Å². The average Bonchev–Trinajstić information content (AvgIpc) is 2.29. The molecule has 0 aromatic carbocycles. The SMILES string of the molecule is CC1CCN(c2ccncc2CCl)C(C)C1. The van der Waals surface area contributed by atoms with Crippen molar-refractivity contribution in [3.63, 3.8) is 0 Å². The van der Waals surface area contributed by atoms with Gasteiger partial charge in [-0.25, -0.2) is 0 Å². The molecular weight excluding hydrogens is 220 g/mol. The summed E-state index contributed by atoms with van der Waals surface area (Å²) in [6.07, 6.45) is 6.28. The van der Waals surface area contributed by atoms with Crippen molar-refractivity contribution in [2.75, 3.05) is 11.4 Å². The zero-order valence-corrected chi connectivity index (χ0v) is 10.7. The summed E-state index contributed by atoms with van der Waals surface area (Å²) < 4.78 is 0. The number of hydrogen-bond acceptors (Lipinski definition) is 2. The Hall–Kier alpha value is -0.760. The van der Waals surface area contributed by atoms with Gasteiger partial charge in [0.05, 0.1) is 5.88 Å². The summed E-state index contributed by atoms with van der Waals surface area (Å²) in [6, 6.07) is 2.69. The molecule has 16 heavy (non-hydrogen) atoms. The van der Waals surface area contributed by atoms with E-state index in [4.69, 9.17) is 11.6 Å². The molecule has 0 aliphatic carbocycles. The van der Waals surface area contributed by atoms with Crippen LogP contribution in [-0.2, 0) is 5.88 Å². The number of alkyl halides is 1. The summed E-state index contributed by atoms with van der Waals surface area (Å²) >= 11 is 5.96.